The van der Waals surface area contributed by atoms with E-state index in [4.69, 9.17) is 0 Å². The van der Waals surface area contributed by atoms with Crippen molar-refractivity contribution in [3.05, 3.63) is 0 Å². The lowest BCUT2D eigenvalue weighted by Gasteiger charge is -2.37. The summed E-state index contributed by atoms with van der Waals surface area (Å²) in [7, 11) is -3.13. The lowest BCUT2D eigenvalue weighted by Crippen LogP contribution is -2.54. The van der Waals surface area contributed by atoms with Crippen molar-refractivity contribution < 1.29 is 13.2 Å². The van der Waals surface area contributed by atoms with Crippen LogP contribution in [-0.4, -0.2) is 49.2 Å². The van der Waals surface area contributed by atoms with Crippen molar-refractivity contribution in [2.24, 2.45) is 0 Å². The average molecular weight is 329 g/mol. The van der Waals surface area contributed by atoms with E-state index in [0.717, 1.165) is 38.5 Å². The van der Waals surface area contributed by atoms with E-state index >= 15 is 0 Å². The van der Waals surface area contributed by atoms with Crippen LogP contribution >= 0.6 is 0 Å². The third-order valence-corrected chi connectivity index (χ3v) is 6.69. The summed E-state index contributed by atoms with van der Waals surface area (Å²) in [6, 6.07) is 0.451. The molecule has 2 unspecified atom stereocenters. The molecule has 0 spiro atoms. The number of nitrogens with zero attached hydrogens (tertiary/aromatic N) is 1. The number of piperidine rings is 1. The first-order chi connectivity index (χ1) is 10.4. The first-order valence-electron chi connectivity index (χ1n) is 8.49. The molecular formula is C15H27N3O3S. The van der Waals surface area contributed by atoms with Crippen LogP contribution in [0.2, 0.25) is 0 Å². The van der Waals surface area contributed by atoms with Crippen LogP contribution in [-0.2, 0) is 10.0 Å². The maximum Gasteiger partial charge on any atom is 0.315 e. The summed E-state index contributed by atoms with van der Waals surface area (Å²) in [4.78, 5) is 12.1. The first-order valence-corrected chi connectivity index (χ1v) is 10.3. The van der Waals surface area contributed by atoms with E-state index in [1.165, 1.54) is 25.5 Å². The van der Waals surface area contributed by atoms with Crippen LogP contribution < -0.4 is 10.6 Å². The highest BCUT2D eigenvalue weighted by Gasteiger charge is 2.45. The van der Waals surface area contributed by atoms with Gasteiger partial charge in [-0.1, -0.05) is 19.3 Å². The van der Waals surface area contributed by atoms with Gasteiger partial charge in [0.25, 0.3) is 0 Å². The molecular weight excluding hydrogens is 302 g/mol. The van der Waals surface area contributed by atoms with Crippen molar-refractivity contribution in [3.8, 4) is 0 Å². The third kappa shape index (κ3) is 3.56. The normalized spacial score (nSPS) is 33.6. The summed E-state index contributed by atoms with van der Waals surface area (Å²) >= 11 is 0. The van der Waals surface area contributed by atoms with Crippen LogP contribution in [0.25, 0.3) is 0 Å². The van der Waals surface area contributed by atoms with E-state index in [9.17, 15) is 13.2 Å². The summed E-state index contributed by atoms with van der Waals surface area (Å²) in [5.74, 6) is 0. The molecule has 0 aromatic rings. The fourth-order valence-electron chi connectivity index (χ4n) is 4.45. The minimum Gasteiger partial charge on any atom is -0.335 e. The number of hydrogen-bond acceptors (Lipinski definition) is 3. The van der Waals surface area contributed by atoms with Crippen molar-refractivity contribution in [1.29, 1.82) is 0 Å². The van der Waals surface area contributed by atoms with Gasteiger partial charge in [0, 0.05) is 24.2 Å². The van der Waals surface area contributed by atoms with Gasteiger partial charge in [-0.2, -0.15) is 4.31 Å². The second-order valence-corrected chi connectivity index (χ2v) is 8.99. The number of hydrogen-bond donors (Lipinski definition) is 2. The number of fused-ring (bicyclic) bond motifs is 2. The van der Waals surface area contributed by atoms with Gasteiger partial charge in [0.2, 0.25) is 10.0 Å². The van der Waals surface area contributed by atoms with Crippen LogP contribution in [0.1, 0.15) is 57.8 Å². The molecule has 126 valence electrons. The van der Waals surface area contributed by atoms with Gasteiger partial charge in [-0.25, -0.2) is 13.2 Å². The molecule has 6 nitrogen and oxygen atoms in total. The zero-order valence-corrected chi connectivity index (χ0v) is 14.1. The molecule has 1 aliphatic carbocycles. The molecule has 22 heavy (non-hydrogen) atoms. The van der Waals surface area contributed by atoms with Gasteiger partial charge < -0.3 is 10.6 Å². The smallest absolute Gasteiger partial charge is 0.315 e. The molecule has 2 bridgehead atoms. The SMILES string of the molecule is CS(=O)(=O)N1C2CCC1CC(NC(=O)NC1CCCCC1)C2. The molecule has 2 heterocycles. The van der Waals surface area contributed by atoms with Gasteiger partial charge >= 0.3 is 6.03 Å². The predicted molar refractivity (Wildman–Crippen MR) is 85.1 cm³/mol. The fraction of sp³-hybridized carbons (Fsp3) is 0.933. The standard InChI is InChI=1S/C15H27N3O3S/c1-22(20,21)18-13-7-8-14(18)10-12(9-13)17-15(19)16-11-5-3-2-4-6-11/h11-14H,2-10H2,1H3,(H2,16,17,19). The van der Waals surface area contributed by atoms with Gasteiger partial charge in [0.15, 0.2) is 0 Å². The van der Waals surface area contributed by atoms with E-state index in [1.807, 2.05) is 0 Å². The van der Waals surface area contributed by atoms with Crippen LogP contribution in [0, 0.1) is 0 Å². The van der Waals surface area contributed by atoms with Gasteiger partial charge in [0.1, 0.15) is 0 Å². The van der Waals surface area contributed by atoms with Crippen molar-refractivity contribution in [3.63, 3.8) is 0 Å². The number of urea groups is 1. The van der Waals surface area contributed by atoms with Crippen molar-refractivity contribution in [2.75, 3.05) is 6.26 Å². The Morgan fingerprint density at radius 1 is 0.909 bits per heavy atom. The Labute approximate surface area is 133 Å². The lowest BCUT2D eigenvalue weighted by atomic mass is 9.95. The molecule has 2 aliphatic heterocycles. The van der Waals surface area contributed by atoms with Gasteiger partial charge in [-0.15, -0.1) is 0 Å². The number of nitrogens with one attached hydrogen (secondary N) is 2. The fourth-order valence-corrected chi connectivity index (χ4v) is 5.92. The van der Waals surface area contributed by atoms with Gasteiger partial charge in [0.05, 0.1) is 6.26 Å². The van der Waals surface area contributed by atoms with Crippen molar-refractivity contribution in [1.82, 2.24) is 14.9 Å². The number of carbonyl (C=O) groups is 1. The zero-order chi connectivity index (χ0) is 15.7. The van der Waals surface area contributed by atoms with E-state index in [0.29, 0.717) is 6.04 Å². The highest BCUT2D eigenvalue weighted by molar-refractivity contribution is 7.88. The molecule has 0 aromatic carbocycles. The Morgan fingerprint density at radius 3 is 2.00 bits per heavy atom. The number of rotatable bonds is 3. The maximum atomic E-state index is 12.1. The summed E-state index contributed by atoms with van der Waals surface area (Å²) < 4.78 is 25.4. The van der Waals surface area contributed by atoms with Crippen LogP contribution in [0.5, 0.6) is 0 Å². The lowest BCUT2D eigenvalue weighted by molar-refractivity contribution is 0.195. The first kappa shape index (κ1) is 16.1. The number of carbonyl (C=O) groups excluding carboxylic acids is 1. The number of amides is 2. The maximum absolute atomic E-state index is 12.1. The molecule has 3 aliphatic rings. The Balaban J connectivity index is 1.52. The summed E-state index contributed by atoms with van der Waals surface area (Å²) in [6.07, 6.45) is 10.4. The molecule has 3 rings (SSSR count). The minimum absolute atomic E-state index is 0.0636. The zero-order valence-electron chi connectivity index (χ0n) is 13.3. The Hall–Kier alpha value is -0.820. The predicted octanol–water partition coefficient (Wildman–Crippen LogP) is 1.57. The largest absolute Gasteiger partial charge is 0.335 e. The van der Waals surface area contributed by atoms with Gasteiger partial charge in [-0.05, 0) is 38.5 Å². The van der Waals surface area contributed by atoms with Gasteiger partial charge in [-0.3, -0.25) is 0 Å². The molecule has 3 fully saturated rings. The third-order valence-electron chi connectivity index (χ3n) is 5.32. The number of sulfonamides is 1. The van der Waals surface area contributed by atoms with Crippen LogP contribution in [0.3, 0.4) is 0 Å². The van der Waals surface area contributed by atoms with Crippen LogP contribution in [0.15, 0.2) is 0 Å². The highest BCUT2D eigenvalue weighted by atomic mass is 32.2. The summed E-state index contributed by atoms with van der Waals surface area (Å²) in [5, 5.41) is 6.14. The van der Waals surface area contributed by atoms with E-state index in [-0.39, 0.29) is 24.2 Å². The Bertz CT molecular complexity index is 502. The quantitative estimate of drug-likeness (QED) is 0.825. The summed E-state index contributed by atoms with van der Waals surface area (Å²) in [5.41, 5.74) is 0. The topological polar surface area (TPSA) is 78.5 Å². The molecule has 2 atom stereocenters. The second kappa shape index (κ2) is 6.35. The Kier molecular flexibility index (Phi) is 4.64. The Morgan fingerprint density at radius 2 is 1.45 bits per heavy atom. The van der Waals surface area contributed by atoms with Crippen molar-refractivity contribution >= 4 is 16.1 Å². The average Bonchev–Trinajstić information content (AvgIpc) is 2.72. The highest BCUT2D eigenvalue weighted by Crippen LogP contribution is 2.37. The second-order valence-electron chi connectivity index (χ2n) is 7.10. The summed E-state index contributed by atoms with van der Waals surface area (Å²) in [6.45, 7) is 0. The molecule has 0 aromatic heterocycles. The van der Waals surface area contributed by atoms with Crippen molar-refractivity contribution in [2.45, 2.75) is 82.0 Å². The molecule has 2 N–H and O–H groups in total. The molecule has 2 amide bonds. The van der Waals surface area contributed by atoms with E-state index in [2.05, 4.69) is 10.6 Å². The molecule has 7 heteroatoms. The molecule has 2 saturated heterocycles. The van der Waals surface area contributed by atoms with Crippen LogP contribution in [0.4, 0.5) is 4.79 Å². The molecule has 0 radical (unpaired) electrons. The van der Waals surface area contributed by atoms with E-state index < -0.39 is 10.0 Å². The monoisotopic (exact) mass is 329 g/mol. The van der Waals surface area contributed by atoms with E-state index in [1.54, 1.807) is 4.31 Å². The minimum atomic E-state index is -3.13. The molecule has 1 saturated carbocycles.